The molecule has 0 saturated heterocycles. The average Bonchev–Trinajstić information content (AvgIpc) is 2.20. The van der Waals surface area contributed by atoms with E-state index in [0.717, 1.165) is 15.7 Å². The number of pyridine rings is 1. The molecule has 0 aliphatic heterocycles. The Morgan fingerprint density at radius 2 is 2.00 bits per heavy atom. The molecule has 0 spiro atoms. The Kier molecular flexibility index (Phi) is 2.60. The van der Waals surface area contributed by atoms with Crippen LogP contribution in [0.3, 0.4) is 0 Å². The largest absolute Gasteiger partial charge is 0.507 e. The zero-order chi connectivity index (χ0) is 10.8. The number of phenolic OH excluding ortho intramolecular Hbond substituents is 1. The number of nitrogen functional groups attached to an aromatic ring is 1. The molecule has 1 aromatic carbocycles. The monoisotopic (exact) mass is 264 g/mol. The van der Waals surface area contributed by atoms with E-state index < -0.39 is 0 Å². The Balaban J connectivity index is 2.49. The van der Waals surface area contributed by atoms with Gasteiger partial charge < -0.3 is 10.8 Å². The third-order valence-electron chi connectivity index (χ3n) is 2.06. The minimum absolute atomic E-state index is 0.166. The standard InChI is InChI=1S/C11H9BrN2O/c12-11-4-1-7(6-14-11)9-3-2-8(13)5-10(9)15/h1-6,15H,13H2. The lowest BCUT2D eigenvalue weighted by atomic mass is 10.1. The molecule has 0 radical (unpaired) electrons. The summed E-state index contributed by atoms with van der Waals surface area (Å²) in [7, 11) is 0. The lowest BCUT2D eigenvalue weighted by molar-refractivity contribution is 0.477. The minimum Gasteiger partial charge on any atom is -0.507 e. The topological polar surface area (TPSA) is 59.1 Å². The van der Waals surface area contributed by atoms with E-state index in [-0.39, 0.29) is 5.75 Å². The van der Waals surface area contributed by atoms with E-state index in [9.17, 15) is 5.11 Å². The highest BCUT2D eigenvalue weighted by molar-refractivity contribution is 9.10. The van der Waals surface area contributed by atoms with Crippen molar-refractivity contribution in [1.82, 2.24) is 4.98 Å². The number of rotatable bonds is 1. The molecule has 0 atom stereocenters. The van der Waals surface area contributed by atoms with Gasteiger partial charge in [0.15, 0.2) is 0 Å². The maximum atomic E-state index is 9.69. The van der Waals surface area contributed by atoms with Crippen LogP contribution in [0, 0.1) is 0 Å². The van der Waals surface area contributed by atoms with Gasteiger partial charge in [0.2, 0.25) is 0 Å². The van der Waals surface area contributed by atoms with Crippen LogP contribution in [-0.2, 0) is 0 Å². The lowest BCUT2D eigenvalue weighted by Gasteiger charge is -2.05. The first-order valence-corrected chi connectivity index (χ1v) is 5.16. The fourth-order valence-electron chi connectivity index (χ4n) is 1.33. The normalized spacial score (nSPS) is 10.2. The SMILES string of the molecule is Nc1ccc(-c2ccc(Br)nc2)c(O)c1. The van der Waals surface area contributed by atoms with Crippen LogP contribution in [0.4, 0.5) is 5.69 Å². The highest BCUT2D eigenvalue weighted by atomic mass is 79.9. The van der Waals surface area contributed by atoms with Crippen molar-refractivity contribution in [3.63, 3.8) is 0 Å². The maximum absolute atomic E-state index is 9.69. The molecule has 3 N–H and O–H groups in total. The molecule has 0 fully saturated rings. The van der Waals surface area contributed by atoms with Gasteiger partial charge in [0, 0.05) is 29.1 Å². The van der Waals surface area contributed by atoms with Crippen molar-refractivity contribution in [3.05, 3.63) is 41.1 Å². The summed E-state index contributed by atoms with van der Waals surface area (Å²) < 4.78 is 0.765. The average molecular weight is 265 g/mol. The highest BCUT2D eigenvalue weighted by Gasteiger charge is 2.04. The molecule has 0 bridgehead atoms. The van der Waals surface area contributed by atoms with E-state index in [1.165, 1.54) is 6.07 Å². The third-order valence-corrected chi connectivity index (χ3v) is 2.53. The molecule has 15 heavy (non-hydrogen) atoms. The van der Waals surface area contributed by atoms with Gasteiger partial charge in [-0.3, -0.25) is 0 Å². The molecule has 0 amide bonds. The van der Waals surface area contributed by atoms with Gasteiger partial charge in [0.1, 0.15) is 10.4 Å². The van der Waals surface area contributed by atoms with Crippen molar-refractivity contribution in [2.75, 3.05) is 5.73 Å². The Morgan fingerprint density at radius 3 is 2.60 bits per heavy atom. The van der Waals surface area contributed by atoms with Gasteiger partial charge >= 0.3 is 0 Å². The van der Waals surface area contributed by atoms with E-state index in [1.807, 2.05) is 12.1 Å². The second kappa shape index (κ2) is 3.90. The van der Waals surface area contributed by atoms with E-state index in [0.29, 0.717) is 5.69 Å². The van der Waals surface area contributed by atoms with Gasteiger partial charge in [-0.15, -0.1) is 0 Å². The molecule has 2 rings (SSSR count). The van der Waals surface area contributed by atoms with Gasteiger partial charge in [-0.25, -0.2) is 4.98 Å². The van der Waals surface area contributed by atoms with Crippen molar-refractivity contribution >= 4 is 21.6 Å². The summed E-state index contributed by atoms with van der Waals surface area (Å²) >= 11 is 3.25. The van der Waals surface area contributed by atoms with E-state index in [4.69, 9.17) is 5.73 Å². The predicted molar refractivity (Wildman–Crippen MR) is 63.5 cm³/mol. The number of phenols is 1. The molecule has 76 valence electrons. The number of aromatic hydroxyl groups is 1. The predicted octanol–water partition coefficient (Wildman–Crippen LogP) is 2.80. The number of hydrogen-bond acceptors (Lipinski definition) is 3. The van der Waals surface area contributed by atoms with Gasteiger partial charge in [-0.05, 0) is 34.1 Å². The lowest BCUT2D eigenvalue weighted by Crippen LogP contribution is -1.86. The van der Waals surface area contributed by atoms with Crippen LogP contribution in [0.15, 0.2) is 41.1 Å². The first-order chi connectivity index (χ1) is 7.16. The summed E-state index contributed by atoms with van der Waals surface area (Å²) in [5.74, 6) is 0.166. The molecule has 0 aliphatic rings. The number of anilines is 1. The summed E-state index contributed by atoms with van der Waals surface area (Å²) in [5.41, 5.74) is 7.67. The third kappa shape index (κ3) is 2.10. The first kappa shape index (κ1) is 9.98. The molecule has 1 aromatic heterocycles. The molecule has 1 heterocycles. The molecular formula is C11H9BrN2O. The van der Waals surface area contributed by atoms with Crippen molar-refractivity contribution in [2.45, 2.75) is 0 Å². The van der Waals surface area contributed by atoms with Crippen LogP contribution in [0.25, 0.3) is 11.1 Å². The summed E-state index contributed by atoms with van der Waals surface area (Å²) in [6.45, 7) is 0. The molecule has 4 heteroatoms. The van der Waals surface area contributed by atoms with Crippen LogP contribution >= 0.6 is 15.9 Å². The van der Waals surface area contributed by atoms with Crippen LogP contribution in [0.5, 0.6) is 5.75 Å². The fraction of sp³-hybridized carbons (Fsp3) is 0. The Hall–Kier alpha value is -1.55. The van der Waals surface area contributed by atoms with E-state index in [1.54, 1.807) is 18.3 Å². The number of hydrogen-bond donors (Lipinski definition) is 2. The smallest absolute Gasteiger partial charge is 0.125 e. The zero-order valence-electron chi connectivity index (χ0n) is 7.81. The molecular weight excluding hydrogens is 256 g/mol. The van der Waals surface area contributed by atoms with Crippen molar-refractivity contribution in [2.24, 2.45) is 0 Å². The maximum Gasteiger partial charge on any atom is 0.125 e. The second-order valence-electron chi connectivity index (χ2n) is 3.15. The van der Waals surface area contributed by atoms with Gasteiger partial charge in [0.05, 0.1) is 0 Å². The summed E-state index contributed by atoms with van der Waals surface area (Å²) in [5, 5.41) is 9.69. The van der Waals surface area contributed by atoms with Crippen molar-refractivity contribution < 1.29 is 5.11 Å². The number of nitrogens with zero attached hydrogens (tertiary/aromatic N) is 1. The van der Waals surface area contributed by atoms with Crippen molar-refractivity contribution in [1.29, 1.82) is 0 Å². The highest BCUT2D eigenvalue weighted by Crippen LogP contribution is 2.30. The fourth-order valence-corrected chi connectivity index (χ4v) is 1.56. The Labute approximate surface area is 95.7 Å². The summed E-state index contributed by atoms with van der Waals surface area (Å²) in [6.07, 6.45) is 1.69. The van der Waals surface area contributed by atoms with Gasteiger partial charge in [-0.1, -0.05) is 6.07 Å². The Bertz CT molecular complexity index is 482. The molecule has 0 saturated carbocycles. The van der Waals surface area contributed by atoms with Crippen LogP contribution in [-0.4, -0.2) is 10.1 Å². The summed E-state index contributed by atoms with van der Waals surface area (Å²) in [4.78, 5) is 4.09. The number of benzene rings is 1. The number of aromatic nitrogens is 1. The van der Waals surface area contributed by atoms with Crippen molar-refractivity contribution in [3.8, 4) is 16.9 Å². The summed E-state index contributed by atoms with van der Waals surface area (Å²) in [6, 6.07) is 8.75. The number of nitrogens with two attached hydrogens (primary N) is 1. The first-order valence-electron chi connectivity index (χ1n) is 4.37. The minimum atomic E-state index is 0.166. The van der Waals surface area contributed by atoms with Gasteiger partial charge in [-0.2, -0.15) is 0 Å². The van der Waals surface area contributed by atoms with Gasteiger partial charge in [0.25, 0.3) is 0 Å². The second-order valence-corrected chi connectivity index (χ2v) is 3.96. The molecule has 0 aliphatic carbocycles. The molecule has 3 nitrogen and oxygen atoms in total. The van der Waals surface area contributed by atoms with Crippen LogP contribution in [0.2, 0.25) is 0 Å². The molecule has 0 unspecified atom stereocenters. The van der Waals surface area contributed by atoms with Crippen LogP contribution in [0.1, 0.15) is 0 Å². The van der Waals surface area contributed by atoms with E-state index >= 15 is 0 Å². The van der Waals surface area contributed by atoms with E-state index in [2.05, 4.69) is 20.9 Å². The van der Waals surface area contributed by atoms with Crippen LogP contribution < -0.4 is 5.73 Å². The zero-order valence-corrected chi connectivity index (χ0v) is 9.40. The number of halogens is 1. The molecule has 2 aromatic rings. The Morgan fingerprint density at radius 1 is 1.20 bits per heavy atom. The quantitative estimate of drug-likeness (QED) is 0.615.